The molecule has 3 rings (SSSR count). The molecule has 0 unspecified atom stereocenters. The molecule has 1 aliphatic carbocycles. The third-order valence-electron chi connectivity index (χ3n) is 3.89. The maximum absolute atomic E-state index is 12.9. The molecule has 0 atom stereocenters. The molecule has 2 aromatic rings. The lowest BCUT2D eigenvalue weighted by Crippen LogP contribution is -2.26. The summed E-state index contributed by atoms with van der Waals surface area (Å²) < 4.78 is 0. The lowest BCUT2D eigenvalue weighted by Gasteiger charge is -2.20. The van der Waals surface area contributed by atoms with E-state index >= 15 is 0 Å². The van der Waals surface area contributed by atoms with Gasteiger partial charge in [0.1, 0.15) is 5.00 Å². The number of ketones is 3. The highest BCUT2D eigenvalue weighted by molar-refractivity contribution is 7.19. The number of fused-ring (bicyclic) bond motifs is 2. The van der Waals surface area contributed by atoms with Crippen molar-refractivity contribution < 1.29 is 14.4 Å². The molecule has 0 saturated heterocycles. The van der Waals surface area contributed by atoms with Crippen molar-refractivity contribution in [1.82, 2.24) is 0 Å². The van der Waals surface area contributed by atoms with Crippen molar-refractivity contribution in [3.63, 3.8) is 0 Å². The van der Waals surface area contributed by atoms with Crippen LogP contribution < -0.4 is 5.32 Å². The zero-order valence-electron chi connectivity index (χ0n) is 13.4. The molecule has 0 radical (unpaired) electrons. The molecule has 1 N–H and O–H groups in total. The van der Waals surface area contributed by atoms with Gasteiger partial charge in [-0.15, -0.1) is 11.3 Å². The summed E-state index contributed by atoms with van der Waals surface area (Å²) in [5, 5.41) is 3.54. The summed E-state index contributed by atoms with van der Waals surface area (Å²) in [5.74, 6) is -0.579. The van der Waals surface area contributed by atoms with Crippen molar-refractivity contribution >= 4 is 33.7 Å². The summed E-state index contributed by atoms with van der Waals surface area (Å²) >= 11 is 1.18. The first-order valence-corrected chi connectivity index (χ1v) is 8.16. The molecule has 118 valence electrons. The quantitative estimate of drug-likeness (QED) is 0.727. The third-order valence-corrected chi connectivity index (χ3v) is 5.10. The van der Waals surface area contributed by atoms with Crippen molar-refractivity contribution in [3.8, 4) is 0 Å². The van der Waals surface area contributed by atoms with Crippen LogP contribution in [0.1, 0.15) is 62.3 Å². The first-order chi connectivity index (χ1) is 10.8. The lowest BCUT2D eigenvalue weighted by atomic mass is 9.81. The third kappa shape index (κ3) is 2.23. The number of Topliss-reactive ketones (excluding diaryl/α,β-unsaturated/α-hetero) is 1. The van der Waals surface area contributed by atoms with Crippen LogP contribution in [-0.2, 0) is 0 Å². The molecule has 1 aliphatic rings. The summed E-state index contributed by atoms with van der Waals surface area (Å²) in [6.45, 7) is 5.42. The molecule has 4 nitrogen and oxygen atoms in total. The van der Waals surface area contributed by atoms with E-state index in [-0.39, 0.29) is 22.9 Å². The van der Waals surface area contributed by atoms with Gasteiger partial charge in [0.2, 0.25) is 5.78 Å². The molecule has 0 fully saturated rings. The van der Waals surface area contributed by atoms with Gasteiger partial charge in [0.15, 0.2) is 11.6 Å². The topological polar surface area (TPSA) is 63.2 Å². The zero-order chi connectivity index (χ0) is 16.9. The van der Waals surface area contributed by atoms with Crippen LogP contribution in [0.3, 0.4) is 0 Å². The van der Waals surface area contributed by atoms with Crippen LogP contribution in [0, 0.1) is 5.41 Å². The van der Waals surface area contributed by atoms with E-state index < -0.39 is 5.41 Å². The summed E-state index contributed by atoms with van der Waals surface area (Å²) in [6, 6.07) is 6.76. The molecule has 1 aromatic carbocycles. The van der Waals surface area contributed by atoms with Gasteiger partial charge in [-0.1, -0.05) is 45.0 Å². The van der Waals surface area contributed by atoms with E-state index in [1.807, 2.05) is 20.8 Å². The minimum Gasteiger partial charge on any atom is -0.379 e. The molecule has 1 heterocycles. The van der Waals surface area contributed by atoms with Gasteiger partial charge in [0, 0.05) is 23.6 Å². The van der Waals surface area contributed by atoms with Crippen molar-refractivity contribution in [2.75, 3.05) is 12.4 Å². The summed E-state index contributed by atoms with van der Waals surface area (Å²) in [6.07, 6.45) is 0. The summed E-state index contributed by atoms with van der Waals surface area (Å²) in [4.78, 5) is 38.8. The number of carbonyl (C=O) groups is 3. The summed E-state index contributed by atoms with van der Waals surface area (Å²) in [5.41, 5.74) is 0.730. The van der Waals surface area contributed by atoms with Crippen LogP contribution in [0.4, 0.5) is 5.00 Å². The Balaban J connectivity index is 2.31. The molecule has 0 saturated carbocycles. The van der Waals surface area contributed by atoms with Crippen molar-refractivity contribution in [2.45, 2.75) is 20.8 Å². The van der Waals surface area contributed by atoms with Crippen LogP contribution in [0.15, 0.2) is 24.3 Å². The van der Waals surface area contributed by atoms with Crippen molar-refractivity contribution in [2.24, 2.45) is 5.41 Å². The Bertz CT molecular complexity index is 856. The Kier molecular flexibility index (Phi) is 3.48. The number of hydrogen-bond acceptors (Lipinski definition) is 5. The van der Waals surface area contributed by atoms with Gasteiger partial charge in [0.25, 0.3) is 0 Å². The maximum Gasteiger partial charge on any atom is 0.204 e. The summed E-state index contributed by atoms with van der Waals surface area (Å²) in [7, 11) is 1.69. The maximum atomic E-state index is 12.9. The van der Waals surface area contributed by atoms with Crippen LogP contribution >= 0.6 is 11.3 Å². The van der Waals surface area contributed by atoms with Gasteiger partial charge in [0.05, 0.1) is 16.0 Å². The molecular weight excluding hydrogens is 310 g/mol. The van der Waals surface area contributed by atoms with E-state index in [0.717, 1.165) is 0 Å². The number of hydrogen-bond donors (Lipinski definition) is 1. The van der Waals surface area contributed by atoms with Crippen LogP contribution in [0.5, 0.6) is 0 Å². The van der Waals surface area contributed by atoms with E-state index in [1.54, 1.807) is 31.3 Å². The average Bonchev–Trinajstić information content (AvgIpc) is 2.90. The molecule has 5 heteroatoms. The van der Waals surface area contributed by atoms with Crippen molar-refractivity contribution in [1.29, 1.82) is 0 Å². The van der Waals surface area contributed by atoms with Gasteiger partial charge < -0.3 is 5.32 Å². The minimum atomic E-state index is -0.638. The van der Waals surface area contributed by atoms with E-state index in [4.69, 9.17) is 0 Å². The Labute approximate surface area is 138 Å². The smallest absolute Gasteiger partial charge is 0.204 e. The average molecular weight is 327 g/mol. The molecule has 1 aromatic heterocycles. The first-order valence-electron chi connectivity index (χ1n) is 7.35. The van der Waals surface area contributed by atoms with E-state index in [0.29, 0.717) is 26.6 Å². The van der Waals surface area contributed by atoms with Gasteiger partial charge in [-0.3, -0.25) is 14.4 Å². The Morgan fingerprint density at radius 1 is 1.04 bits per heavy atom. The lowest BCUT2D eigenvalue weighted by molar-refractivity contribution is 0.0853. The predicted molar refractivity (Wildman–Crippen MR) is 91.0 cm³/mol. The highest BCUT2D eigenvalue weighted by Crippen LogP contribution is 2.42. The Hall–Kier alpha value is -2.27. The predicted octanol–water partition coefficient (Wildman–Crippen LogP) is 3.79. The van der Waals surface area contributed by atoms with E-state index in [1.165, 1.54) is 11.3 Å². The van der Waals surface area contributed by atoms with E-state index in [2.05, 4.69) is 5.32 Å². The van der Waals surface area contributed by atoms with Gasteiger partial charge in [-0.2, -0.15) is 0 Å². The van der Waals surface area contributed by atoms with Crippen molar-refractivity contribution in [3.05, 3.63) is 51.4 Å². The highest BCUT2D eigenvalue weighted by Gasteiger charge is 2.39. The Morgan fingerprint density at radius 3 is 2.13 bits per heavy atom. The molecule has 0 amide bonds. The van der Waals surface area contributed by atoms with Crippen LogP contribution in [-0.4, -0.2) is 24.4 Å². The van der Waals surface area contributed by atoms with Crippen LogP contribution in [0.2, 0.25) is 0 Å². The molecular formula is C18H17NO3S. The minimum absolute atomic E-state index is 0.139. The fourth-order valence-corrected chi connectivity index (χ4v) is 3.81. The molecule has 0 bridgehead atoms. The number of anilines is 1. The molecule has 0 aliphatic heterocycles. The van der Waals surface area contributed by atoms with Gasteiger partial charge >= 0.3 is 0 Å². The second-order valence-electron chi connectivity index (χ2n) is 6.54. The normalized spacial score (nSPS) is 13.6. The zero-order valence-corrected chi connectivity index (χ0v) is 14.3. The van der Waals surface area contributed by atoms with Gasteiger partial charge in [-0.25, -0.2) is 0 Å². The van der Waals surface area contributed by atoms with Crippen LogP contribution in [0.25, 0.3) is 0 Å². The SMILES string of the molecule is CNc1sc2c(c1C(=O)C(C)(C)C)C(=O)c1ccccc1C2=O. The Morgan fingerprint density at radius 2 is 1.61 bits per heavy atom. The second kappa shape index (κ2) is 5.13. The monoisotopic (exact) mass is 327 g/mol. The number of carbonyl (C=O) groups excluding carboxylic acids is 3. The fraction of sp³-hybridized carbons (Fsp3) is 0.278. The second-order valence-corrected chi connectivity index (χ2v) is 7.56. The highest BCUT2D eigenvalue weighted by atomic mass is 32.1. The fourth-order valence-electron chi connectivity index (χ4n) is 2.71. The number of nitrogens with one attached hydrogen (secondary N) is 1. The number of benzene rings is 1. The number of rotatable bonds is 2. The molecule has 0 spiro atoms. The first kappa shape index (κ1) is 15.6. The van der Waals surface area contributed by atoms with Gasteiger partial charge in [-0.05, 0) is 0 Å². The number of thiophene rings is 1. The molecule has 23 heavy (non-hydrogen) atoms. The standard InChI is InChI=1S/C18H17NO3S/c1-18(2,3)16(22)12-11-13(20)9-7-5-6-8-10(9)14(21)15(11)23-17(12)19-4/h5-8,19H,1-4H3. The van der Waals surface area contributed by atoms with E-state index in [9.17, 15) is 14.4 Å². The largest absolute Gasteiger partial charge is 0.379 e.